The fraction of sp³-hybridized carbons (Fsp3) is 0.0625. The molecule has 3 aromatic rings. The van der Waals surface area contributed by atoms with Gasteiger partial charge in [-0.3, -0.25) is 0 Å². The molecule has 5 heteroatoms. The summed E-state index contributed by atoms with van der Waals surface area (Å²) in [5.74, 6) is -0.444. The SMILES string of the molecule is O=C(O)[C@H](Nc1ncnc2ccccc12)c1ccccc1. The zero-order valence-corrected chi connectivity index (χ0v) is 11.1. The molecule has 0 aliphatic rings. The highest BCUT2D eigenvalue weighted by molar-refractivity contribution is 5.90. The second kappa shape index (κ2) is 5.58. The maximum atomic E-state index is 11.5. The lowest BCUT2D eigenvalue weighted by Crippen LogP contribution is -2.21. The predicted octanol–water partition coefficient (Wildman–Crippen LogP) is 2.87. The van der Waals surface area contributed by atoms with Gasteiger partial charge >= 0.3 is 5.97 Å². The Kier molecular flexibility index (Phi) is 3.47. The number of carboxylic acid groups (broad SMARTS) is 1. The highest BCUT2D eigenvalue weighted by atomic mass is 16.4. The molecule has 2 N–H and O–H groups in total. The van der Waals surface area contributed by atoms with Crippen molar-refractivity contribution in [3.8, 4) is 0 Å². The molecule has 0 amide bonds. The van der Waals surface area contributed by atoms with E-state index in [0.717, 1.165) is 10.9 Å². The number of carboxylic acids is 1. The first kappa shape index (κ1) is 13.1. The summed E-state index contributed by atoms with van der Waals surface area (Å²) in [6, 6.07) is 15.6. The van der Waals surface area contributed by atoms with Crippen LogP contribution in [0.2, 0.25) is 0 Å². The Labute approximate surface area is 121 Å². The predicted molar refractivity (Wildman–Crippen MR) is 80.0 cm³/mol. The summed E-state index contributed by atoms with van der Waals surface area (Å²) in [6.45, 7) is 0. The topological polar surface area (TPSA) is 75.1 Å². The van der Waals surface area contributed by atoms with E-state index >= 15 is 0 Å². The van der Waals surface area contributed by atoms with Gasteiger partial charge in [0.15, 0.2) is 6.04 Å². The monoisotopic (exact) mass is 279 g/mol. The van der Waals surface area contributed by atoms with Gasteiger partial charge in [-0.25, -0.2) is 14.8 Å². The lowest BCUT2D eigenvalue weighted by molar-refractivity contribution is -0.138. The third-order valence-corrected chi connectivity index (χ3v) is 3.20. The van der Waals surface area contributed by atoms with Crippen molar-refractivity contribution >= 4 is 22.7 Å². The van der Waals surface area contributed by atoms with E-state index in [1.165, 1.54) is 6.33 Å². The molecule has 2 aromatic carbocycles. The average molecular weight is 279 g/mol. The summed E-state index contributed by atoms with van der Waals surface area (Å²) in [7, 11) is 0. The summed E-state index contributed by atoms with van der Waals surface area (Å²) >= 11 is 0. The number of nitrogens with one attached hydrogen (secondary N) is 1. The third-order valence-electron chi connectivity index (χ3n) is 3.20. The quantitative estimate of drug-likeness (QED) is 0.768. The molecule has 0 saturated carbocycles. The highest BCUT2D eigenvalue weighted by Gasteiger charge is 2.20. The maximum Gasteiger partial charge on any atom is 0.330 e. The molecule has 5 nitrogen and oxygen atoms in total. The van der Waals surface area contributed by atoms with Crippen molar-refractivity contribution in [3.63, 3.8) is 0 Å². The summed E-state index contributed by atoms with van der Waals surface area (Å²) < 4.78 is 0. The van der Waals surface area contributed by atoms with Crippen LogP contribution in [-0.2, 0) is 4.79 Å². The van der Waals surface area contributed by atoms with E-state index in [9.17, 15) is 9.90 Å². The molecule has 0 spiro atoms. The van der Waals surface area contributed by atoms with Gasteiger partial charge in [0.25, 0.3) is 0 Å². The van der Waals surface area contributed by atoms with Crippen LogP contribution in [0.1, 0.15) is 11.6 Å². The second-order valence-corrected chi connectivity index (χ2v) is 4.57. The third kappa shape index (κ3) is 2.67. The van der Waals surface area contributed by atoms with Crippen LogP contribution in [0.15, 0.2) is 60.9 Å². The molecule has 1 heterocycles. The summed E-state index contributed by atoms with van der Waals surface area (Å²) in [5, 5.41) is 13.2. The van der Waals surface area contributed by atoms with E-state index in [0.29, 0.717) is 11.4 Å². The van der Waals surface area contributed by atoms with Crippen LogP contribution in [0, 0.1) is 0 Å². The Balaban J connectivity index is 2.01. The van der Waals surface area contributed by atoms with Crippen LogP contribution >= 0.6 is 0 Å². The van der Waals surface area contributed by atoms with E-state index in [1.54, 1.807) is 12.1 Å². The summed E-state index contributed by atoms with van der Waals surface area (Å²) in [5.41, 5.74) is 1.44. The second-order valence-electron chi connectivity index (χ2n) is 4.57. The number of hydrogen-bond acceptors (Lipinski definition) is 4. The molecule has 1 aromatic heterocycles. The van der Waals surface area contributed by atoms with Crippen LogP contribution < -0.4 is 5.32 Å². The molecular formula is C16H13N3O2. The fourth-order valence-corrected chi connectivity index (χ4v) is 2.19. The zero-order valence-electron chi connectivity index (χ0n) is 11.1. The molecule has 3 rings (SSSR count). The molecule has 0 radical (unpaired) electrons. The average Bonchev–Trinajstić information content (AvgIpc) is 2.53. The van der Waals surface area contributed by atoms with E-state index in [-0.39, 0.29) is 0 Å². The number of aliphatic carboxylic acids is 1. The van der Waals surface area contributed by atoms with Crippen molar-refractivity contribution in [2.75, 3.05) is 5.32 Å². The smallest absolute Gasteiger partial charge is 0.330 e. The molecular weight excluding hydrogens is 266 g/mol. The number of nitrogens with zero attached hydrogens (tertiary/aromatic N) is 2. The van der Waals surface area contributed by atoms with Gasteiger partial charge < -0.3 is 10.4 Å². The van der Waals surface area contributed by atoms with Crippen LogP contribution in [0.3, 0.4) is 0 Å². The van der Waals surface area contributed by atoms with Crippen molar-refractivity contribution in [2.45, 2.75) is 6.04 Å². The molecule has 21 heavy (non-hydrogen) atoms. The fourth-order valence-electron chi connectivity index (χ4n) is 2.19. The molecule has 0 unspecified atom stereocenters. The summed E-state index contributed by atoms with van der Waals surface area (Å²) in [4.78, 5) is 19.9. The molecule has 0 aliphatic heterocycles. The van der Waals surface area contributed by atoms with Gasteiger partial charge in [-0.05, 0) is 17.7 Å². The van der Waals surface area contributed by atoms with Crippen LogP contribution in [0.5, 0.6) is 0 Å². The van der Waals surface area contributed by atoms with E-state index in [2.05, 4.69) is 15.3 Å². The Morgan fingerprint density at radius 2 is 1.71 bits per heavy atom. The first-order valence-electron chi connectivity index (χ1n) is 6.50. The maximum absolute atomic E-state index is 11.5. The van der Waals surface area contributed by atoms with Crippen LogP contribution in [-0.4, -0.2) is 21.0 Å². The van der Waals surface area contributed by atoms with Crippen molar-refractivity contribution in [1.82, 2.24) is 9.97 Å². The van der Waals surface area contributed by atoms with Gasteiger partial charge in [0, 0.05) is 5.39 Å². The van der Waals surface area contributed by atoms with Crippen molar-refractivity contribution in [2.24, 2.45) is 0 Å². The Hall–Kier alpha value is -2.95. The van der Waals surface area contributed by atoms with Gasteiger partial charge in [0.05, 0.1) is 5.52 Å². The van der Waals surface area contributed by atoms with Gasteiger partial charge in [-0.2, -0.15) is 0 Å². The minimum atomic E-state index is -0.955. The van der Waals surface area contributed by atoms with Gasteiger partial charge in [0.2, 0.25) is 0 Å². The molecule has 104 valence electrons. The number of fused-ring (bicyclic) bond motifs is 1. The Morgan fingerprint density at radius 3 is 2.48 bits per heavy atom. The minimum Gasteiger partial charge on any atom is -0.479 e. The lowest BCUT2D eigenvalue weighted by atomic mass is 10.1. The van der Waals surface area contributed by atoms with E-state index < -0.39 is 12.0 Å². The zero-order chi connectivity index (χ0) is 14.7. The van der Waals surface area contributed by atoms with Gasteiger partial charge in [0.1, 0.15) is 12.1 Å². The number of aromatic nitrogens is 2. The number of rotatable bonds is 4. The number of carbonyl (C=O) groups is 1. The Bertz CT molecular complexity index is 769. The minimum absolute atomic E-state index is 0.511. The molecule has 0 fully saturated rings. The largest absolute Gasteiger partial charge is 0.479 e. The number of anilines is 1. The molecule has 0 aliphatic carbocycles. The molecule has 0 bridgehead atoms. The van der Waals surface area contributed by atoms with Crippen molar-refractivity contribution < 1.29 is 9.90 Å². The Morgan fingerprint density at radius 1 is 1.00 bits per heavy atom. The van der Waals surface area contributed by atoms with Gasteiger partial charge in [-0.1, -0.05) is 42.5 Å². The van der Waals surface area contributed by atoms with Crippen LogP contribution in [0.4, 0.5) is 5.82 Å². The number of benzene rings is 2. The van der Waals surface area contributed by atoms with E-state index in [4.69, 9.17) is 0 Å². The number of para-hydroxylation sites is 1. The number of hydrogen-bond donors (Lipinski definition) is 2. The standard InChI is InChI=1S/C16H13N3O2/c20-16(21)14(11-6-2-1-3-7-11)19-15-12-8-4-5-9-13(12)17-10-18-15/h1-10,14H,(H,20,21)(H,17,18,19)/t14-/m1/s1. The molecule has 1 atom stereocenters. The summed E-state index contributed by atoms with van der Waals surface area (Å²) in [6.07, 6.45) is 1.43. The highest BCUT2D eigenvalue weighted by Crippen LogP contribution is 2.24. The lowest BCUT2D eigenvalue weighted by Gasteiger charge is -2.16. The van der Waals surface area contributed by atoms with E-state index in [1.807, 2.05) is 42.5 Å². The first-order valence-corrected chi connectivity index (χ1v) is 6.50. The van der Waals surface area contributed by atoms with Crippen molar-refractivity contribution in [3.05, 3.63) is 66.5 Å². The van der Waals surface area contributed by atoms with Gasteiger partial charge in [-0.15, -0.1) is 0 Å². The first-order chi connectivity index (χ1) is 10.3. The van der Waals surface area contributed by atoms with Crippen molar-refractivity contribution in [1.29, 1.82) is 0 Å². The normalized spacial score (nSPS) is 12.0. The molecule has 0 saturated heterocycles. The van der Waals surface area contributed by atoms with Crippen LogP contribution in [0.25, 0.3) is 10.9 Å².